The number of nitrogens with zero attached hydrogens (tertiary/aromatic N) is 4. The molecular weight excluding hydrogens is 448 g/mol. The summed E-state index contributed by atoms with van der Waals surface area (Å²) in [5, 5.41) is 8.13. The number of likely N-dealkylation sites (tertiary alicyclic amines) is 1. The van der Waals surface area contributed by atoms with Crippen LogP contribution in [0.4, 0.5) is 0 Å². The molecule has 0 spiro atoms. The summed E-state index contributed by atoms with van der Waals surface area (Å²) in [4.78, 5) is 14.9. The molecule has 2 aliphatic rings. The summed E-state index contributed by atoms with van der Waals surface area (Å²) in [5.74, 6) is 0.987. The molecule has 0 N–H and O–H groups in total. The van der Waals surface area contributed by atoms with Crippen molar-refractivity contribution in [1.29, 1.82) is 0 Å². The molecule has 4 rings (SSSR count). The van der Waals surface area contributed by atoms with Crippen LogP contribution in [-0.2, 0) is 14.8 Å². The van der Waals surface area contributed by atoms with Gasteiger partial charge in [0.15, 0.2) is 0 Å². The van der Waals surface area contributed by atoms with Crippen LogP contribution in [0, 0.1) is 5.92 Å². The molecule has 3 heterocycles. The van der Waals surface area contributed by atoms with E-state index in [0.29, 0.717) is 29.8 Å². The van der Waals surface area contributed by atoms with Crippen molar-refractivity contribution in [2.45, 2.75) is 61.3 Å². The minimum Gasteiger partial charge on any atom is -0.411 e. The first kappa shape index (κ1) is 23.3. The highest BCUT2D eigenvalue weighted by Gasteiger charge is 2.28. The Balaban J connectivity index is 1.44. The summed E-state index contributed by atoms with van der Waals surface area (Å²) in [7, 11) is -3.54. The molecule has 2 aliphatic heterocycles. The normalized spacial score (nSPS) is 19.8. The van der Waals surface area contributed by atoms with E-state index in [0.717, 1.165) is 45.2 Å². The highest BCUT2D eigenvalue weighted by molar-refractivity contribution is 8.00. The Labute approximate surface area is 193 Å². The van der Waals surface area contributed by atoms with Crippen LogP contribution in [0.5, 0.6) is 0 Å². The average molecular weight is 479 g/mol. The predicted octanol–water partition coefficient (Wildman–Crippen LogP) is 3.65. The quantitative estimate of drug-likeness (QED) is 0.585. The van der Waals surface area contributed by atoms with Crippen LogP contribution in [0.1, 0.15) is 46.0 Å². The van der Waals surface area contributed by atoms with Gasteiger partial charge in [-0.05, 0) is 56.7 Å². The van der Waals surface area contributed by atoms with Crippen LogP contribution < -0.4 is 0 Å². The Morgan fingerprint density at radius 3 is 2.56 bits per heavy atom. The number of hydrogen-bond donors (Lipinski definition) is 0. The Morgan fingerprint density at radius 1 is 1.12 bits per heavy atom. The van der Waals surface area contributed by atoms with E-state index >= 15 is 0 Å². The lowest BCUT2D eigenvalue weighted by molar-refractivity contribution is -0.131. The lowest BCUT2D eigenvalue weighted by Crippen LogP contribution is -2.41. The van der Waals surface area contributed by atoms with Crippen LogP contribution in [0.3, 0.4) is 0 Å². The van der Waals surface area contributed by atoms with Gasteiger partial charge in [0, 0.05) is 31.7 Å². The van der Waals surface area contributed by atoms with Gasteiger partial charge in [0.1, 0.15) is 0 Å². The third-order valence-electron chi connectivity index (χ3n) is 6.16. The van der Waals surface area contributed by atoms with E-state index in [-0.39, 0.29) is 21.9 Å². The highest BCUT2D eigenvalue weighted by atomic mass is 32.2. The fourth-order valence-corrected chi connectivity index (χ4v) is 6.44. The Morgan fingerprint density at radius 2 is 1.84 bits per heavy atom. The fraction of sp³-hybridized carbons (Fsp3) is 0.591. The summed E-state index contributed by atoms with van der Waals surface area (Å²) in [6, 6.07) is 6.61. The maximum Gasteiger partial charge on any atom is 0.277 e. The maximum atomic E-state index is 13.0. The number of carbonyl (C=O) groups is 1. The highest BCUT2D eigenvalue weighted by Crippen LogP contribution is 2.30. The lowest BCUT2D eigenvalue weighted by atomic mass is 9.99. The number of aromatic nitrogens is 2. The van der Waals surface area contributed by atoms with Gasteiger partial charge in [-0.25, -0.2) is 8.42 Å². The molecule has 8 nitrogen and oxygen atoms in total. The SMILES string of the molecule is CC1CCN(C(=O)[C@@H](C)Sc2nnc(-c3cccc(S(=O)(=O)N4CCCCC4)c3)o2)CC1. The fourth-order valence-electron chi connectivity index (χ4n) is 4.11. The second-order valence-electron chi connectivity index (χ2n) is 8.63. The largest absolute Gasteiger partial charge is 0.411 e. The van der Waals surface area contributed by atoms with Crippen LogP contribution in [0.25, 0.3) is 11.5 Å². The van der Waals surface area contributed by atoms with E-state index in [2.05, 4.69) is 17.1 Å². The minimum absolute atomic E-state index is 0.0799. The van der Waals surface area contributed by atoms with Gasteiger partial charge in [-0.15, -0.1) is 10.2 Å². The molecule has 0 radical (unpaired) electrons. The van der Waals surface area contributed by atoms with Crippen molar-refractivity contribution in [3.8, 4) is 11.5 Å². The molecule has 1 atom stereocenters. The molecule has 0 bridgehead atoms. The van der Waals surface area contributed by atoms with Crippen molar-refractivity contribution in [1.82, 2.24) is 19.4 Å². The number of thioether (sulfide) groups is 1. The van der Waals surface area contributed by atoms with E-state index in [1.165, 1.54) is 11.8 Å². The summed E-state index contributed by atoms with van der Waals surface area (Å²) < 4.78 is 33.3. The van der Waals surface area contributed by atoms with Gasteiger partial charge in [0.25, 0.3) is 5.22 Å². The van der Waals surface area contributed by atoms with Gasteiger partial charge in [-0.2, -0.15) is 4.31 Å². The summed E-state index contributed by atoms with van der Waals surface area (Å²) in [6.07, 6.45) is 4.90. The number of rotatable bonds is 6. The third kappa shape index (κ3) is 5.18. The van der Waals surface area contributed by atoms with Gasteiger partial charge in [-0.3, -0.25) is 4.79 Å². The van der Waals surface area contributed by atoms with Crippen molar-refractivity contribution in [3.63, 3.8) is 0 Å². The molecule has 0 saturated carbocycles. The molecule has 10 heteroatoms. The van der Waals surface area contributed by atoms with Crippen molar-refractivity contribution in [3.05, 3.63) is 24.3 Å². The second kappa shape index (κ2) is 9.93. The van der Waals surface area contributed by atoms with E-state index in [1.54, 1.807) is 28.6 Å². The van der Waals surface area contributed by atoms with E-state index in [4.69, 9.17) is 4.42 Å². The third-order valence-corrected chi connectivity index (χ3v) is 8.98. The molecule has 0 unspecified atom stereocenters. The molecule has 2 fully saturated rings. The first-order valence-electron chi connectivity index (χ1n) is 11.2. The summed E-state index contributed by atoms with van der Waals surface area (Å²) >= 11 is 1.24. The Kier molecular flexibility index (Phi) is 7.21. The number of amides is 1. The molecule has 2 saturated heterocycles. The Hall–Kier alpha value is -1.91. The predicted molar refractivity (Wildman–Crippen MR) is 123 cm³/mol. The summed E-state index contributed by atoms with van der Waals surface area (Å²) in [5.41, 5.74) is 0.548. The van der Waals surface area contributed by atoms with Crippen molar-refractivity contribution in [2.75, 3.05) is 26.2 Å². The zero-order valence-corrected chi connectivity index (χ0v) is 20.2. The molecule has 174 valence electrons. The molecule has 1 amide bonds. The van der Waals surface area contributed by atoms with E-state index in [1.807, 2.05) is 11.8 Å². The lowest BCUT2D eigenvalue weighted by Gasteiger charge is -2.31. The molecule has 1 aromatic heterocycles. The van der Waals surface area contributed by atoms with E-state index in [9.17, 15) is 13.2 Å². The molecule has 32 heavy (non-hydrogen) atoms. The average Bonchev–Trinajstić information content (AvgIpc) is 3.28. The van der Waals surface area contributed by atoms with Crippen molar-refractivity contribution >= 4 is 27.7 Å². The van der Waals surface area contributed by atoms with Crippen LogP contribution in [0.2, 0.25) is 0 Å². The van der Waals surface area contributed by atoms with Crippen LogP contribution in [-0.4, -0.2) is 65.2 Å². The standard InChI is InChI=1S/C22H30N4O4S2/c1-16-9-13-25(14-10-16)21(27)17(2)31-22-24-23-20(30-22)18-7-6-8-19(15-18)32(28,29)26-11-4-3-5-12-26/h6-8,15-17H,3-5,9-14H2,1-2H3/t17-/m1/s1. The van der Waals surface area contributed by atoms with Crippen LogP contribution >= 0.6 is 11.8 Å². The van der Waals surface area contributed by atoms with E-state index < -0.39 is 10.0 Å². The molecule has 0 aliphatic carbocycles. The summed E-state index contributed by atoms with van der Waals surface area (Å²) in [6.45, 7) is 6.75. The molecular formula is C22H30N4O4S2. The van der Waals surface area contributed by atoms with Gasteiger partial charge in [-0.1, -0.05) is 31.2 Å². The maximum absolute atomic E-state index is 13.0. The molecule has 1 aromatic carbocycles. The number of benzene rings is 1. The van der Waals surface area contributed by atoms with Gasteiger partial charge in [0.2, 0.25) is 21.8 Å². The zero-order valence-electron chi connectivity index (χ0n) is 18.6. The Bertz CT molecular complexity index is 1040. The number of sulfonamides is 1. The first-order chi connectivity index (χ1) is 15.3. The minimum atomic E-state index is -3.54. The monoisotopic (exact) mass is 478 g/mol. The first-order valence-corrected chi connectivity index (χ1v) is 13.6. The number of carbonyl (C=O) groups excluding carboxylic acids is 1. The number of piperidine rings is 2. The van der Waals surface area contributed by atoms with Crippen LogP contribution in [0.15, 0.2) is 38.8 Å². The van der Waals surface area contributed by atoms with Gasteiger partial charge >= 0.3 is 0 Å². The van der Waals surface area contributed by atoms with Crippen molar-refractivity contribution < 1.29 is 17.6 Å². The topological polar surface area (TPSA) is 96.6 Å². The zero-order chi connectivity index (χ0) is 22.7. The van der Waals surface area contributed by atoms with Gasteiger partial charge < -0.3 is 9.32 Å². The second-order valence-corrected chi connectivity index (χ2v) is 11.9. The van der Waals surface area contributed by atoms with Crippen molar-refractivity contribution in [2.24, 2.45) is 5.92 Å². The number of hydrogen-bond acceptors (Lipinski definition) is 7. The van der Waals surface area contributed by atoms with Gasteiger partial charge in [0.05, 0.1) is 10.1 Å². The molecule has 2 aromatic rings. The smallest absolute Gasteiger partial charge is 0.277 e.